The van der Waals surface area contributed by atoms with Crippen LogP contribution in [-0.2, 0) is 18.1 Å². The highest BCUT2D eigenvalue weighted by atomic mass is 35.5. The molecule has 138 valence electrons. The minimum atomic E-state index is 0.354. The van der Waals surface area contributed by atoms with Gasteiger partial charge in [-0.3, -0.25) is 0 Å². The molecule has 0 saturated carbocycles. The second kappa shape index (κ2) is 9.64. The average Bonchev–Trinajstić information content (AvgIpc) is 2.71. The molecule has 0 N–H and O–H groups in total. The lowest BCUT2D eigenvalue weighted by Gasteiger charge is -2.11. The Morgan fingerprint density at radius 2 is 1.67 bits per heavy atom. The SMILES string of the molecule is COc1cc(/C=N/OCc2cccc(Cl)c2)ccc1OCc1ccccc1. The monoisotopic (exact) mass is 381 g/mol. The van der Waals surface area contributed by atoms with E-state index in [1.165, 1.54) is 0 Å². The van der Waals surface area contributed by atoms with E-state index < -0.39 is 0 Å². The molecule has 0 spiro atoms. The van der Waals surface area contributed by atoms with Gasteiger partial charge in [-0.2, -0.15) is 0 Å². The van der Waals surface area contributed by atoms with Crippen LogP contribution >= 0.6 is 11.6 Å². The van der Waals surface area contributed by atoms with Gasteiger partial charge in [-0.25, -0.2) is 0 Å². The molecular weight excluding hydrogens is 362 g/mol. The van der Waals surface area contributed by atoms with Crippen molar-refractivity contribution in [3.63, 3.8) is 0 Å². The van der Waals surface area contributed by atoms with Gasteiger partial charge in [0.2, 0.25) is 0 Å². The summed E-state index contributed by atoms with van der Waals surface area (Å²) in [5.74, 6) is 1.32. The van der Waals surface area contributed by atoms with Gasteiger partial charge in [0.25, 0.3) is 0 Å². The van der Waals surface area contributed by atoms with Gasteiger partial charge < -0.3 is 14.3 Å². The number of rotatable bonds is 8. The van der Waals surface area contributed by atoms with Crippen LogP contribution in [0.25, 0.3) is 0 Å². The number of hydrogen-bond acceptors (Lipinski definition) is 4. The van der Waals surface area contributed by atoms with Crippen molar-refractivity contribution in [3.05, 3.63) is 94.5 Å². The number of halogens is 1. The van der Waals surface area contributed by atoms with E-state index in [1.54, 1.807) is 13.3 Å². The molecule has 0 saturated heterocycles. The summed E-state index contributed by atoms with van der Waals surface area (Å²) in [6, 6.07) is 23.1. The summed E-state index contributed by atoms with van der Waals surface area (Å²) in [7, 11) is 1.61. The van der Waals surface area contributed by atoms with E-state index in [9.17, 15) is 0 Å². The molecule has 0 aliphatic rings. The van der Waals surface area contributed by atoms with Crippen molar-refractivity contribution < 1.29 is 14.3 Å². The predicted octanol–water partition coefficient (Wildman–Crippen LogP) is 5.48. The third-order valence-electron chi connectivity index (χ3n) is 3.82. The van der Waals surface area contributed by atoms with Gasteiger partial charge in [0, 0.05) is 10.6 Å². The summed E-state index contributed by atoms with van der Waals surface area (Å²) in [6.45, 7) is 0.833. The Morgan fingerprint density at radius 1 is 0.852 bits per heavy atom. The summed E-state index contributed by atoms with van der Waals surface area (Å²) >= 11 is 5.95. The molecule has 27 heavy (non-hydrogen) atoms. The zero-order valence-corrected chi connectivity index (χ0v) is 15.7. The van der Waals surface area contributed by atoms with Crippen molar-refractivity contribution in [2.45, 2.75) is 13.2 Å². The largest absolute Gasteiger partial charge is 0.493 e. The van der Waals surface area contributed by atoms with E-state index in [1.807, 2.05) is 72.8 Å². The molecule has 3 rings (SSSR count). The Morgan fingerprint density at radius 3 is 2.44 bits per heavy atom. The quantitative estimate of drug-likeness (QED) is 0.383. The van der Waals surface area contributed by atoms with Crippen molar-refractivity contribution in [2.75, 3.05) is 7.11 Å². The van der Waals surface area contributed by atoms with Crippen molar-refractivity contribution in [1.29, 1.82) is 0 Å². The fourth-order valence-corrected chi connectivity index (χ4v) is 2.67. The molecule has 3 aromatic rings. The highest BCUT2D eigenvalue weighted by molar-refractivity contribution is 6.30. The Bertz CT molecular complexity index is 897. The van der Waals surface area contributed by atoms with Crippen molar-refractivity contribution in [3.8, 4) is 11.5 Å². The number of methoxy groups -OCH3 is 1. The third-order valence-corrected chi connectivity index (χ3v) is 4.06. The first-order valence-corrected chi connectivity index (χ1v) is 8.87. The maximum atomic E-state index is 5.95. The maximum Gasteiger partial charge on any atom is 0.161 e. The lowest BCUT2D eigenvalue weighted by Crippen LogP contribution is -1.98. The minimum Gasteiger partial charge on any atom is -0.493 e. The first-order valence-electron chi connectivity index (χ1n) is 8.49. The second-order valence-electron chi connectivity index (χ2n) is 5.82. The molecule has 3 aromatic carbocycles. The van der Waals surface area contributed by atoms with Crippen LogP contribution in [0.15, 0.2) is 78.0 Å². The molecule has 0 aliphatic heterocycles. The van der Waals surface area contributed by atoms with Crippen LogP contribution in [0, 0.1) is 0 Å². The van der Waals surface area contributed by atoms with Gasteiger partial charge in [-0.05, 0) is 41.5 Å². The molecule has 0 fully saturated rings. The summed E-state index contributed by atoms with van der Waals surface area (Å²) in [4.78, 5) is 5.33. The first-order chi connectivity index (χ1) is 13.2. The summed E-state index contributed by atoms with van der Waals surface area (Å²) in [6.07, 6.45) is 1.63. The van der Waals surface area contributed by atoms with E-state index in [0.717, 1.165) is 16.7 Å². The molecule has 5 heteroatoms. The Kier molecular flexibility index (Phi) is 6.72. The van der Waals surface area contributed by atoms with E-state index in [0.29, 0.717) is 29.7 Å². The van der Waals surface area contributed by atoms with Gasteiger partial charge in [-0.1, -0.05) is 59.2 Å². The number of benzene rings is 3. The lowest BCUT2D eigenvalue weighted by molar-refractivity contribution is 0.132. The van der Waals surface area contributed by atoms with Crippen LogP contribution in [0.2, 0.25) is 5.02 Å². The highest BCUT2D eigenvalue weighted by Gasteiger charge is 2.05. The van der Waals surface area contributed by atoms with E-state index in [4.69, 9.17) is 25.9 Å². The Balaban J connectivity index is 1.58. The Labute approximate surface area is 163 Å². The van der Waals surface area contributed by atoms with Gasteiger partial charge in [0.15, 0.2) is 11.5 Å². The van der Waals surface area contributed by atoms with Crippen LogP contribution in [-0.4, -0.2) is 13.3 Å². The topological polar surface area (TPSA) is 40.0 Å². The van der Waals surface area contributed by atoms with Crippen LogP contribution < -0.4 is 9.47 Å². The third kappa shape index (κ3) is 5.76. The number of ether oxygens (including phenoxy) is 2. The lowest BCUT2D eigenvalue weighted by atomic mass is 10.2. The molecule has 0 atom stereocenters. The zero-order chi connectivity index (χ0) is 18.9. The van der Waals surface area contributed by atoms with Crippen molar-refractivity contribution in [2.24, 2.45) is 5.16 Å². The average molecular weight is 382 g/mol. The molecule has 4 nitrogen and oxygen atoms in total. The zero-order valence-electron chi connectivity index (χ0n) is 15.0. The Hall–Kier alpha value is -2.98. The normalized spacial score (nSPS) is 10.7. The van der Waals surface area contributed by atoms with Gasteiger partial charge in [-0.15, -0.1) is 0 Å². The first kappa shape index (κ1) is 18.8. The summed E-state index contributed by atoms with van der Waals surface area (Å²) in [5.41, 5.74) is 2.91. The van der Waals surface area contributed by atoms with E-state index >= 15 is 0 Å². The molecule has 0 amide bonds. The van der Waals surface area contributed by atoms with Gasteiger partial charge in [0.05, 0.1) is 13.3 Å². The predicted molar refractivity (Wildman–Crippen MR) is 108 cm³/mol. The highest BCUT2D eigenvalue weighted by Crippen LogP contribution is 2.28. The maximum absolute atomic E-state index is 5.95. The van der Waals surface area contributed by atoms with Crippen molar-refractivity contribution >= 4 is 17.8 Å². The molecule has 0 unspecified atom stereocenters. The standard InChI is InChI=1S/C22H20ClNO3/c1-25-22-13-18(14-24-27-16-19-8-5-9-20(23)12-19)10-11-21(22)26-15-17-6-3-2-4-7-17/h2-14H,15-16H2,1H3/b24-14+. The molecule has 0 aromatic heterocycles. The summed E-state index contributed by atoms with van der Waals surface area (Å²) < 4.78 is 11.3. The fourth-order valence-electron chi connectivity index (χ4n) is 2.46. The molecule has 0 bridgehead atoms. The fraction of sp³-hybridized carbons (Fsp3) is 0.136. The number of oxime groups is 1. The van der Waals surface area contributed by atoms with Crippen molar-refractivity contribution in [1.82, 2.24) is 0 Å². The molecule has 0 heterocycles. The van der Waals surface area contributed by atoms with Crippen LogP contribution in [0.1, 0.15) is 16.7 Å². The number of hydrogen-bond donors (Lipinski definition) is 0. The van der Waals surface area contributed by atoms with Crippen LogP contribution in [0.4, 0.5) is 0 Å². The molecule has 0 aliphatic carbocycles. The van der Waals surface area contributed by atoms with Gasteiger partial charge in [0.1, 0.15) is 13.2 Å². The van der Waals surface area contributed by atoms with Gasteiger partial charge >= 0.3 is 0 Å². The van der Waals surface area contributed by atoms with E-state index in [-0.39, 0.29) is 0 Å². The second-order valence-corrected chi connectivity index (χ2v) is 6.26. The molecule has 0 radical (unpaired) electrons. The van der Waals surface area contributed by atoms with Crippen LogP contribution in [0.5, 0.6) is 11.5 Å². The number of nitrogens with zero attached hydrogens (tertiary/aromatic N) is 1. The molecular formula is C22H20ClNO3. The minimum absolute atomic E-state index is 0.354. The van der Waals surface area contributed by atoms with E-state index in [2.05, 4.69) is 5.16 Å². The van der Waals surface area contributed by atoms with Crippen LogP contribution in [0.3, 0.4) is 0 Å². The summed E-state index contributed by atoms with van der Waals surface area (Å²) in [5, 5.41) is 4.68. The smallest absolute Gasteiger partial charge is 0.161 e.